The van der Waals surface area contributed by atoms with Crippen molar-refractivity contribution in [3.63, 3.8) is 0 Å². The molecule has 6 N–H and O–H groups in total. The van der Waals surface area contributed by atoms with Crippen molar-refractivity contribution >= 4 is 33.7 Å². The predicted octanol–water partition coefficient (Wildman–Crippen LogP) is -0.469. The quantitative estimate of drug-likeness (QED) is 0.0971. The minimum atomic E-state index is -2.83. The molecule has 15 nitrogen and oxygen atoms in total. The van der Waals surface area contributed by atoms with E-state index in [2.05, 4.69) is 13.6 Å². The van der Waals surface area contributed by atoms with Crippen LogP contribution in [-0.2, 0) is 27.2 Å². The maximum absolute atomic E-state index is 10.8. The summed E-state index contributed by atoms with van der Waals surface area (Å²) in [5, 5.41) is 0. The zero-order valence-corrected chi connectivity index (χ0v) is 19.2. The summed E-state index contributed by atoms with van der Waals surface area (Å²) >= 11 is 0. The lowest BCUT2D eigenvalue weighted by molar-refractivity contribution is 0.0230. The summed E-state index contributed by atoms with van der Waals surface area (Å²) in [6, 6.07) is 0. The highest BCUT2D eigenvalue weighted by Crippen LogP contribution is 2.26. The zero-order valence-electron chi connectivity index (χ0n) is 15.6. The van der Waals surface area contributed by atoms with Crippen LogP contribution in [0.4, 0.5) is 0 Å². The lowest BCUT2D eigenvalue weighted by Gasteiger charge is -2.27. The van der Waals surface area contributed by atoms with E-state index >= 15 is 0 Å². The molecule has 29 heavy (non-hydrogen) atoms. The third kappa shape index (κ3) is 19.0. The van der Waals surface area contributed by atoms with E-state index in [1.807, 2.05) is 6.92 Å². The molecule has 0 spiro atoms. The van der Waals surface area contributed by atoms with E-state index in [0.717, 1.165) is 0 Å². The minimum Gasteiger partial charge on any atom is -0.328 e. The molecule has 0 rings (SSSR count). The minimum absolute atomic E-state index is 0.0773. The molecule has 0 aromatic rings. The summed E-state index contributed by atoms with van der Waals surface area (Å²) in [6.07, 6.45) is 0. The average Bonchev–Trinajstić information content (AvgIpc) is 2.63. The average molecular weight is 505 g/mol. The first-order chi connectivity index (χ1) is 13.6. The van der Waals surface area contributed by atoms with Crippen molar-refractivity contribution in [1.82, 2.24) is 14.7 Å². The molecular formula is C10H27N3O12P4+2. The van der Waals surface area contributed by atoms with Crippen LogP contribution in [0.3, 0.4) is 0 Å². The van der Waals surface area contributed by atoms with Crippen LogP contribution in [0.5, 0.6) is 0 Å². The summed E-state index contributed by atoms with van der Waals surface area (Å²) in [6.45, 7) is 2.65. The Hall–Kier alpha value is 0.540. The lowest BCUT2D eigenvalue weighted by atomic mass is 10.4. The van der Waals surface area contributed by atoms with Crippen LogP contribution in [0.2, 0.25) is 0 Å². The molecule has 0 aromatic heterocycles. The lowest BCUT2D eigenvalue weighted by Crippen LogP contribution is -2.41. The van der Waals surface area contributed by atoms with Crippen molar-refractivity contribution in [3.8, 4) is 0 Å². The highest BCUT2D eigenvalue weighted by atomic mass is 31.2. The maximum atomic E-state index is 10.8. The Balaban J connectivity index is 4.71. The molecule has 0 saturated carbocycles. The van der Waals surface area contributed by atoms with E-state index in [1.165, 1.54) is 4.90 Å². The number of hydrogen-bond donors (Lipinski definition) is 6. The summed E-state index contributed by atoms with van der Waals surface area (Å²) in [7, 11) is -10.8. The van der Waals surface area contributed by atoms with Crippen molar-refractivity contribution < 1.29 is 56.6 Å². The van der Waals surface area contributed by atoms with E-state index in [0.29, 0.717) is 19.6 Å². The standard InChI is InChI=1S/C10H25N3O12P4/c1-2-11(7-22-26(14)15)3-4-12(8-23-27(16)17)5-6-13(9-24-28(18)19)10-25-29(20)21/h18-21H,2-10H2,1H3/p+2. The van der Waals surface area contributed by atoms with Crippen LogP contribution in [0.1, 0.15) is 6.92 Å². The van der Waals surface area contributed by atoms with Gasteiger partial charge in [0, 0.05) is 35.3 Å². The number of hydrogen-bond acceptors (Lipinski definition) is 13. The Bertz CT molecular complexity index is 454. The Labute approximate surface area is 172 Å². The van der Waals surface area contributed by atoms with Crippen molar-refractivity contribution in [2.45, 2.75) is 6.92 Å². The molecule has 0 fully saturated rings. The van der Waals surface area contributed by atoms with Gasteiger partial charge in [-0.05, 0) is 6.54 Å². The molecule has 0 heterocycles. The van der Waals surface area contributed by atoms with Crippen molar-refractivity contribution in [2.75, 3.05) is 59.6 Å². The number of rotatable bonds is 19. The van der Waals surface area contributed by atoms with Gasteiger partial charge < -0.3 is 19.6 Å². The van der Waals surface area contributed by atoms with E-state index in [4.69, 9.17) is 33.9 Å². The monoisotopic (exact) mass is 505 g/mol. The van der Waals surface area contributed by atoms with Crippen LogP contribution in [-0.4, -0.2) is 104 Å². The van der Waals surface area contributed by atoms with Gasteiger partial charge in [-0.15, -0.1) is 18.8 Å². The van der Waals surface area contributed by atoms with Crippen molar-refractivity contribution in [2.24, 2.45) is 0 Å². The van der Waals surface area contributed by atoms with Gasteiger partial charge in [-0.2, -0.15) is 0 Å². The molecule has 172 valence electrons. The van der Waals surface area contributed by atoms with Gasteiger partial charge in [0.25, 0.3) is 0 Å². The fourth-order valence-electron chi connectivity index (χ4n) is 1.82. The normalized spacial score (nSPS) is 13.4. The second-order valence-corrected chi connectivity index (χ2v) is 8.23. The first kappa shape index (κ1) is 29.5. The first-order valence-corrected chi connectivity index (χ1v) is 12.6. The van der Waals surface area contributed by atoms with E-state index < -0.39 is 33.7 Å². The molecule has 0 bridgehead atoms. The SMILES string of the molecule is CCN(CCN(CCN(COP(O)O)COP(O)O)CO[P+](=O)O)CO[P+](=O)O. The molecule has 0 aliphatic carbocycles. The van der Waals surface area contributed by atoms with Crippen LogP contribution in [0.15, 0.2) is 0 Å². The topological polar surface area (TPSA) is 202 Å². The van der Waals surface area contributed by atoms with Gasteiger partial charge in [-0.25, -0.2) is 0 Å². The molecular weight excluding hydrogens is 478 g/mol. The first-order valence-electron chi connectivity index (χ1n) is 8.00. The maximum Gasteiger partial charge on any atom is 0.696 e. The Morgan fingerprint density at radius 1 is 0.690 bits per heavy atom. The van der Waals surface area contributed by atoms with Gasteiger partial charge >= 0.3 is 33.7 Å². The molecule has 0 radical (unpaired) electrons. The summed E-state index contributed by atoms with van der Waals surface area (Å²) in [5.41, 5.74) is 0. The summed E-state index contributed by atoms with van der Waals surface area (Å²) in [5.74, 6) is 0. The Morgan fingerprint density at radius 2 is 1.07 bits per heavy atom. The van der Waals surface area contributed by atoms with Crippen LogP contribution in [0.25, 0.3) is 0 Å². The Morgan fingerprint density at radius 3 is 1.45 bits per heavy atom. The zero-order chi connectivity index (χ0) is 22.2. The second kappa shape index (κ2) is 18.1. The van der Waals surface area contributed by atoms with E-state index in [9.17, 15) is 9.13 Å². The third-order valence-electron chi connectivity index (χ3n) is 3.33. The Kier molecular flexibility index (Phi) is 18.5. The molecule has 19 heteroatoms. The van der Waals surface area contributed by atoms with Gasteiger partial charge in [0.2, 0.25) is 0 Å². The van der Waals surface area contributed by atoms with E-state index in [1.54, 1.807) is 9.80 Å². The van der Waals surface area contributed by atoms with Gasteiger partial charge in [-0.1, -0.05) is 6.92 Å². The fraction of sp³-hybridized carbons (Fsp3) is 1.00. The number of nitrogens with zero attached hydrogens (tertiary/aromatic N) is 3. The van der Waals surface area contributed by atoms with Crippen LogP contribution < -0.4 is 0 Å². The smallest absolute Gasteiger partial charge is 0.328 e. The van der Waals surface area contributed by atoms with Crippen molar-refractivity contribution in [3.05, 3.63) is 0 Å². The largest absolute Gasteiger partial charge is 0.696 e. The summed E-state index contributed by atoms with van der Waals surface area (Å²) in [4.78, 5) is 57.7. The highest BCUT2D eigenvalue weighted by molar-refractivity contribution is 7.39. The molecule has 0 aliphatic heterocycles. The third-order valence-corrected chi connectivity index (χ3v) is 4.69. The fourth-order valence-corrected chi connectivity index (χ4v) is 2.87. The molecule has 0 saturated heterocycles. The predicted molar refractivity (Wildman–Crippen MR) is 102 cm³/mol. The van der Waals surface area contributed by atoms with Gasteiger partial charge in [0.1, 0.15) is 13.5 Å². The van der Waals surface area contributed by atoms with E-state index in [-0.39, 0.29) is 40.0 Å². The van der Waals surface area contributed by atoms with Gasteiger partial charge in [0.15, 0.2) is 13.5 Å². The van der Waals surface area contributed by atoms with Crippen molar-refractivity contribution in [1.29, 1.82) is 0 Å². The summed E-state index contributed by atoms with van der Waals surface area (Å²) < 4.78 is 40.2. The second-order valence-electron chi connectivity index (χ2n) is 5.24. The molecule has 2 unspecified atom stereocenters. The highest BCUT2D eigenvalue weighted by Gasteiger charge is 2.20. The molecule has 2 atom stereocenters. The van der Waals surface area contributed by atoms with Crippen LogP contribution in [0, 0.1) is 0 Å². The van der Waals surface area contributed by atoms with Crippen LogP contribution >= 0.6 is 33.7 Å². The molecule has 0 amide bonds. The molecule has 0 aliphatic rings. The van der Waals surface area contributed by atoms with Gasteiger partial charge in [0.05, 0.1) is 0 Å². The molecule has 0 aromatic carbocycles. The number of likely N-dealkylation sites (N-methyl/N-ethyl adjacent to an activating group) is 1. The van der Waals surface area contributed by atoms with Gasteiger partial charge in [-0.3, -0.25) is 23.7 Å².